The van der Waals surface area contributed by atoms with Crippen molar-refractivity contribution >= 4 is 11.7 Å². The largest absolute Gasteiger partial charge is 0.454 e. The van der Waals surface area contributed by atoms with E-state index in [1.807, 2.05) is 17.0 Å². The molecule has 1 unspecified atom stereocenters. The summed E-state index contributed by atoms with van der Waals surface area (Å²) in [4.78, 5) is 14.5. The monoisotopic (exact) mass is 343 g/mol. The lowest BCUT2D eigenvalue weighted by Crippen LogP contribution is -2.34. The highest BCUT2D eigenvalue weighted by atomic mass is 16.7. The molecule has 4 rings (SSSR count). The van der Waals surface area contributed by atoms with Crippen LogP contribution in [0.1, 0.15) is 43.7 Å². The molecule has 0 radical (unpaired) electrons. The van der Waals surface area contributed by atoms with Crippen molar-refractivity contribution in [2.75, 3.05) is 18.7 Å². The zero-order chi connectivity index (χ0) is 17.2. The number of hydrogen-bond acceptors (Lipinski definition) is 5. The molecule has 7 heteroatoms. The summed E-state index contributed by atoms with van der Waals surface area (Å²) < 4.78 is 16.0. The fourth-order valence-corrected chi connectivity index (χ4v) is 3.34. The van der Waals surface area contributed by atoms with Crippen molar-refractivity contribution in [3.8, 4) is 11.5 Å². The molecule has 2 aliphatic heterocycles. The van der Waals surface area contributed by atoms with Crippen molar-refractivity contribution in [1.29, 1.82) is 0 Å². The summed E-state index contributed by atoms with van der Waals surface area (Å²) >= 11 is 0. The summed E-state index contributed by atoms with van der Waals surface area (Å²) in [5.41, 5.74) is 1.52. The quantitative estimate of drug-likeness (QED) is 0.915. The van der Waals surface area contributed by atoms with Crippen LogP contribution in [0.25, 0.3) is 0 Å². The number of nitrogens with one attached hydrogen (secondary N) is 1. The molecule has 2 aromatic rings. The topological polar surface area (TPSA) is 76.8 Å². The number of rotatable bonds is 4. The van der Waals surface area contributed by atoms with Crippen LogP contribution in [0.5, 0.6) is 11.5 Å². The Balaban J connectivity index is 1.46. The Morgan fingerprint density at radius 1 is 1.32 bits per heavy atom. The summed E-state index contributed by atoms with van der Waals surface area (Å²) in [5, 5.41) is 7.11. The number of hydrogen-bond donors (Lipinski definition) is 1. The predicted octanol–water partition coefficient (Wildman–Crippen LogP) is 3.72. The Morgan fingerprint density at radius 2 is 2.20 bits per heavy atom. The van der Waals surface area contributed by atoms with E-state index in [4.69, 9.17) is 14.0 Å². The molecule has 132 valence electrons. The molecule has 2 aliphatic rings. The zero-order valence-corrected chi connectivity index (χ0v) is 14.2. The summed E-state index contributed by atoms with van der Waals surface area (Å²) in [6.45, 7) is 3.02. The molecular formula is C18H21N3O4. The number of fused-ring (bicyclic) bond motifs is 1. The van der Waals surface area contributed by atoms with Gasteiger partial charge in [0.05, 0.1) is 6.04 Å². The first-order valence-electron chi connectivity index (χ1n) is 8.67. The number of carbonyl (C=O) groups excluding carboxylic acids is 1. The second kappa shape index (κ2) is 6.66. The third-order valence-electron chi connectivity index (χ3n) is 4.55. The van der Waals surface area contributed by atoms with Crippen molar-refractivity contribution in [3.05, 3.63) is 35.7 Å². The molecule has 0 saturated carbocycles. The van der Waals surface area contributed by atoms with Crippen LogP contribution in [-0.4, -0.2) is 29.4 Å². The zero-order valence-electron chi connectivity index (χ0n) is 14.2. The Labute approximate surface area is 145 Å². The van der Waals surface area contributed by atoms with E-state index in [0.717, 1.165) is 37.1 Å². The minimum atomic E-state index is -0.138. The van der Waals surface area contributed by atoms with E-state index in [1.165, 1.54) is 0 Å². The molecule has 1 N–H and O–H groups in total. The molecule has 0 bridgehead atoms. The third kappa shape index (κ3) is 3.14. The van der Waals surface area contributed by atoms with Crippen LogP contribution in [0.15, 0.2) is 28.8 Å². The molecular weight excluding hydrogens is 322 g/mol. The number of nitrogens with zero attached hydrogens (tertiary/aromatic N) is 2. The van der Waals surface area contributed by atoms with Crippen LogP contribution in [-0.2, 0) is 6.42 Å². The maximum absolute atomic E-state index is 12.7. The van der Waals surface area contributed by atoms with Crippen molar-refractivity contribution in [2.24, 2.45) is 0 Å². The van der Waals surface area contributed by atoms with Crippen LogP contribution in [0.2, 0.25) is 0 Å². The van der Waals surface area contributed by atoms with Crippen molar-refractivity contribution in [3.63, 3.8) is 0 Å². The van der Waals surface area contributed by atoms with E-state index in [9.17, 15) is 4.79 Å². The van der Waals surface area contributed by atoms with E-state index in [0.29, 0.717) is 23.7 Å². The van der Waals surface area contributed by atoms with Gasteiger partial charge in [-0.1, -0.05) is 12.1 Å². The van der Waals surface area contributed by atoms with Crippen LogP contribution in [0.4, 0.5) is 10.5 Å². The average Bonchev–Trinajstić information content (AvgIpc) is 3.34. The van der Waals surface area contributed by atoms with Crippen LogP contribution in [0.3, 0.4) is 0 Å². The summed E-state index contributed by atoms with van der Waals surface area (Å²) in [6.07, 6.45) is 3.72. The molecule has 3 heterocycles. The number of aryl methyl sites for hydroxylation is 1. The standard InChI is InChI=1S/C18H21N3O4/c1-2-4-13-10-14(20-25-13)15-5-3-8-21(15)18(22)19-12-6-7-16-17(9-12)24-11-23-16/h6-7,9-10,15H,2-5,8,11H2,1H3,(H,19,22). The molecule has 1 aromatic heterocycles. The lowest BCUT2D eigenvalue weighted by Gasteiger charge is -2.23. The highest BCUT2D eigenvalue weighted by molar-refractivity contribution is 5.90. The Kier molecular flexibility index (Phi) is 4.21. The Morgan fingerprint density at radius 3 is 3.08 bits per heavy atom. The van der Waals surface area contributed by atoms with Crippen LogP contribution in [0, 0.1) is 0 Å². The third-order valence-corrected chi connectivity index (χ3v) is 4.55. The Hall–Kier alpha value is -2.70. The Bertz CT molecular complexity index is 773. The van der Waals surface area contributed by atoms with E-state index in [2.05, 4.69) is 17.4 Å². The minimum Gasteiger partial charge on any atom is -0.454 e. The molecule has 1 saturated heterocycles. The maximum atomic E-state index is 12.7. The van der Waals surface area contributed by atoms with Gasteiger partial charge in [-0.25, -0.2) is 4.79 Å². The minimum absolute atomic E-state index is 0.0385. The fraction of sp³-hybridized carbons (Fsp3) is 0.444. The van der Waals surface area contributed by atoms with Crippen LogP contribution >= 0.6 is 0 Å². The van der Waals surface area contributed by atoms with Gasteiger partial charge in [0, 0.05) is 30.8 Å². The predicted molar refractivity (Wildman–Crippen MR) is 90.8 cm³/mol. The fourth-order valence-electron chi connectivity index (χ4n) is 3.34. The van der Waals surface area contributed by atoms with Gasteiger partial charge in [0.25, 0.3) is 0 Å². The number of benzene rings is 1. The number of urea groups is 1. The summed E-state index contributed by atoms with van der Waals surface area (Å²) in [7, 11) is 0. The van der Waals surface area contributed by atoms with Gasteiger partial charge in [-0.15, -0.1) is 0 Å². The van der Waals surface area contributed by atoms with E-state index in [1.54, 1.807) is 12.1 Å². The molecule has 25 heavy (non-hydrogen) atoms. The second-order valence-corrected chi connectivity index (χ2v) is 6.32. The second-order valence-electron chi connectivity index (χ2n) is 6.32. The summed E-state index contributed by atoms with van der Waals surface area (Å²) in [6, 6.07) is 7.19. The highest BCUT2D eigenvalue weighted by Gasteiger charge is 2.32. The van der Waals surface area contributed by atoms with Gasteiger partial charge in [0.15, 0.2) is 11.5 Å². The van der Waals surface area contributed by atoms with E-state index in [-0.39, 0.29) is 18.9 Å². The molecule has 7 nitrogen and oxygen atoms in total. The molecule has 1 fully saturated rings. The maximum Gasteiger partial charge on any atom is 0.322 e. The van der Waals surface area contributed by atoms with Gasteiger partial charge < -0.3 is 24.2 Å². The summed E-state index contributed by atoms with van der Waals surface area (Å²) in [5.74, 6) is 2.22. The SMILES string of the molecule is CCCc1cc(C2CCCN2C(=O)Nc2ccc3c(c2)OCO3)no1. The smallest absolute Gasteiger partial charge is 0.322 e. The van der Waals surface area contributed by atoms with Crippen molar-refractivity contribution < 1.29 is 18.8 Å². The molecule has 0 spiro atoms. The molecule has 1 atom stereocenters. The number of aromatic nitrogens is 1. The van der Waals surface area contributed by atoms with Crippen LogP contribution < -0.4 is 14.8 Å². The van der Waals surface area contributed by atoms with Gasteiger partial charge >= 0.3 is 6.03 Å². The first-order chi connectivity index (χ1) is 12.2. The number of likely N-dealkylation sites (tertiary alicyclic amines) is 1. The highest BCUT2D eigenvalue weighted by Crippen LogP contribution is 2.35. The van der Waals surface area contributed by atoms with E-state index >= 15 is 0 Å². The molecule has 1 aromatic carbocycles. The van der Waals surface area contributed by atoms with Gasteiger partial charge in [-0.05, 0) is 31.4 Å². The van der Waals surface area contributed by atoms with Gasteiger partial charge in [0.1, 0.15) is 11.5 Å². The lowest BCUT2D eigenvalue weighted by atomic mass is 10.1. The van der Waals surface area contributed by atoms with Crippen molar-refractivity contribution in [1.82, 2.24) is 10.1 Å². The number of anilines is 1. The molecule has 2 amide bonds. The van der Waals surface area contributed by atoms with Crippen molar-refractivity contribution in [2.45, 2.75) is 38.6 Å². The average molecular weight is 343 g/mol. The lowest BCUT2D eigenvalue weighted by molar-refractivity contribution is 0.174. The first kappa shape index (κ1) is 15.8. The van der Waals surface area contributed by atoms with Gasteiger partial charge in [-0.2, -0.15) is 0 Å². The first-order valence-corrected chi connectivity index (χ1v) is 8.67. The molecule has 0 aliphatic carbocycles. The number of amides is 2. The number of carbonyl (C=O) groups is 1. The normalized spacial score (nSPS) is 18.6. The number of ether oxygens (including phenoxy) is 2. The van der Waals surface area contributed by atoms with Gasteiger partial charge in [-0.3, -0.25) is 0 Å². The van der Waals surface area contributed by atoms with E-state index < -0.39 is 0 Å². The van der Waals surface area contributed by atoms with Gasteiger partial charge in [0.2, 0.25) is 6.79 Å².